The summed E-state index contributed by atoms with van der Waals surface area (Å²) in [4.78, 5) is 28.1. The van der Waals surface area contributed by atoms with E-state index in [1.54, 1.807) is 9.80 Å². The highest BCUT2D eigenvalue weighted by atomic mass is 32.2. The molecule has 0 aromatic rings. The van der Waals surface area contributed by atoms with Crippen LogP contribution in [0.4, 0.5) is 0 Å². The smallest absolute Gasteiger partial charge is 0.251 e. The SMILES string of the molecule is O=C(CC1CCS(=O)(=O)C1)N1CCN(C(=O)C2CCCO2)CC1. The summed E-state index contributed by atoms with van der Waals surface area (Å²) in [5.74, 6) is 0.344. The molecule has 130 valence electrons. The first-order valence-electron chi connectivity index (χ1n) is 8.33. The second kappa shape index (κ2) is 6.76. The average molecular weight is 344 g/mol. The van der Waals surface area contributed by atoms with E-state index >= 15 is 0 Å². The summed E-state index contributed by atoms with van der Waals surface area (Å²) < 4.78 is 28.3. The number of rotatable bonds is 3. The van der Waals surface area contributed by atoms with Gasteiger partial charge in [0.2, 0.25) is 5.91 Å². The minimum atomic E-state index is -2.94. The fraction of sp³-hybridized carbons (Fsp3) is 0.867. The summed E-state index contributed by atoms with van der Waals surface area (Å²) >= 11 is 0. The van der Waals surface area contributed by atoms with Gasteiger partial charge in [-0.2, -0.15) is 0 Å². The van der Waals surface area contributed by atoms with Crippen molar-refractivity contribution in [3.05, 3.63) is 0 Å². The van der Waals surface area contributed by atoms with Crippen LogP contribution in [0.3, 0.4) is 0 Å². The number of sulfone groups is 1. The summed E-state index contributed by atoms with van der Waals surface area (Å²) in [5.41, 5.74) is 0. The van der Waals surface area contributed by atoms with Crippen LogP contribution in [0.15, 0.2) is 0 Å². The molecule has 0 aromatic carbocycles. The zero-order valence-corrected chi connectivity index (χ0v) is 14.1. The van der Waals surface area contributed by atoms with Crippen molar-refractivity contribution in [3.8, 4) is 0 Å². The van der Waals surface area contributed by atoms with Gasteiger partial charge in [-0.3, -0.25) is 9.59 Å². The van der Waals surface area contributed by atoms with Crippen LogP contribution in [-0.4, -0.2) is 80.4 Å². The lowest BCUT2D eigenvalue weighted by molar-refractivity contribution is -0.146. The number of carbonyl (C=O) groups excluding carboxylic acids is 2. The Labute approximate surface area is 136 Å². The molecule has 3 rings (SSSR count). The van der Waals surface area contributed by atoms with Crippen LogP contribution in [0, 0.1) is 5.92 Å². The molecule has 0 aliphatic carbocycles. The van der Waals surface area contributed by atoms with Gasteiger partial charge in [-0.05, 0) is 25.2 Å². The Morgan fingerprint density at radius 3 is 2.30 bits per heavy atom. The van der Waals surface area contributed by atoms with Crippen LogP contribution in [0.25, 0.3) is 0 Å². The Kier molecular flexibility index (Phi) is 4.91. The Bertz CT molecular complexity index is 562. The zero-order chi connectivity index (χ0) is 16.4. The van der Waals surface area contributed by atoms with Crippen molar-refractivity contribution in [2.75, 3.05) is 44.3 Å². The van der Waals surface area contributed by atoms with E-state index in [0.717, 1.165) is 12.8 Å². The first-order chi connectivity index (χ1) is 10.9. The maximum absolute atomic E-state index is 12.3. The fourth-order valence-corrected chi connectivity index (χ4v) is 5.42. The number of nitrogens with zero attached hydrogens (tertiary/aromatic N) is 2. The lowest BCUT2D eigenvalue weighted by atomic mass is 10.0. The molecule has 3 aliphatic rings. The van der Waals surface area contributed by atoms with E-state index in [4.69, 9.17) is 4.74 Å². The van der Waals surface area contributed by atoms with Gasteiger partial charge in [0.25, 0.3) is 5.91 Å². The summed E-state index contributed by atoms with van der Waals surface area (Å²) in [7, 11) is -2.94. The van der Waals surface area contributed by atoms with Crippen molar-refractivity contribution in [2.24, 2.45) is 5.92 Å². The van der Waals surface area contributed by atoms with Gasteiger partial charge in [-0.25, -0.2) is 8.42 Å². The first-order valence-corrected chi connectivity index (χ1v) is 10.2. The Morgan fingerprint density at radius 2 is 1.74 bits per heavy atom. The third kappa shape index (κ3) is 4.03. The van der Waals surface area contributed by atoms with Gasteiger partial charge in [0.05, 0.1) is 11.5 Å². The number of hydrogen-bond donors (Lipinski definition) is 0. The standard InChI is InChI=1S/C15H24N2O5S/c18-14(10-12-3-9-23(20,21)11-12)16-4-6-17(7-5-16)15(19)13-2-1-8-22-13/h12-13H,1-11H2. The maximum atomic E-state index is 12.3. The molecular formula is C15H24N2O5S. The second-order valence-electron chi connectivity index (χ2n) is 6.68. The van der Waals surface area contributed by atoms with Crippen LogP contribution in [0.5, 0.6) is 0 Å². The number of piperazine rings is 1. The van der Waals surface area contributed by atoms with E-state index in [9.17, 15) is 18.0 Å². The highest BCUT2D eigenvalue weighted by molar-refractivity contribution is 7.91. The van der Waals surface area contributed by atoms with Gasteiger partial charge in [0.15, 0.2) is 9.84 Å². The molecule has 0 aromatic heterocycles. The predicted molar refractivity (Wildman–Crippen MR) is 83.5 cm³/mol. The number of hydrogen-bond acceptors (Lipinski definition) is 5. The van der Waals surface area contributed by atoms with Crippen molar-refractivity contribution in [2.45, 2.75) is 31.8 Å². The molecule has 2 atom stereocenters. The van der Waals surface area contributed by atoms with Crippen LogP contribution in [-0.2, 0) is 24.2 Å². The van der Waals surface area contributed by atoms with Crippen LogP contribution >= 0.6 is 0 Å². The molecule has 3 fully saturated rings. The molecular weight excluding hydrogens is 320 g/mol. The molecule has 3 saturated heterocycles. The minimum Gasteiger partial charge on any atom is -0.368 e. The maximum Gasteiger partial charge on any atom is 0.251 e. The second-order valence-corrected chi connectivity index (χ2v) is 8.91. The van der Waals surface area contributed by atoms with Gasteiger partial charge < -0.3 is 14.5 Å². The van der Waals surface area contributed by atoms with Crippen LogP contribution in [0.1, 0.15) is 25.7 Å². The van der Waals surface area contributed by atoms with Crippen molar-refractivity contribution < 1.29 is 22.7 Å². The molecule has 8 heteroatoms. The molecule has 3 aliphatic heterocycles. The van der Waals surface area contributed by atoms with Crippen molar-refractivity contribution >= 4 is 21.7 Å². The molecule has 7 nitrogen and oxygen atoms in total. The largest absolute Gasteiger partial charge is 0.368 e. The van der Waals surface area contributed by atoms with E-state index < -0.39 is 9.84 Å². The van der Waals surface area contributed by atoms with Gasteiger partial charge in [-0.15, -0.1) is 0 Å². The summed E-state index contributed by atoms with van der Waals surface area (Å²) in [6, 6.07) is 0. The van der Waals surface area contributed by atoms with E-state index in [1.807, 2.05) is 0 Å². The predicted octanol–water partition coefficient (Wildman–Crippen LogP) is -0.339. The molecule has 0 bridgehead atoms. The van der Waals surface area contributed by atoms with E-state index in [2.05, 4.69) is 0 Å². The lowest BCUT2D eigenvalue weighted by Gasteiger charge is -2.36. The molecule has 2 amide bonds. The van der Waals surface area contributed by atoms with Gasteiger partial charge in [-0.1, -0.05) is 0 Å². The number of ether oxygens (including phenoxy) is 1. The topological polar surface area (TPSA) is 84.0 Å². The van der Waals surface area contributed by atoms with Gasteiger partial charge >= 0.3 is 0 Å². The molecule has 3 heterocycles. The minimum absolute atomic E-state index is 0.0105. The van der Waals surface area contributed by atoms with Crippen molar-refractivity contribution in [1.29, 1.82) is 0 Å². The molecule has 0 radical (unpaired) electrons. The summed E-state index contributed by atoms with van der Waals surface area (Å²) in [5, 5.41) is 0. The molecule has 23 heavy (non-hydrogen) atoms. The summed E-state index contributed by atoms with van der Waals surface area (Å²) in [6.07, 6.45) is 2.30. The van der Waals surface area contributed by atoms with E-state index in [1.165, 1.54) is 0 Å². The Morgan fingerprint density at radius 1 is 1.04 bits per heavy atom. The van der Waals surface area contributed by atoms with Crippen LogP contribution < -0.4 is 0 Å². The molecule has 0 saturated carbocycles. The lowest BCUT2D eigenvalue weighted by Crippen LogP contribution is -2.53. The third-order valence-electron chi connectivity index (χ3n) is 4.94. The highest BCUT2D eigenvalue weighted by Gasteiger charge is 2.33. The third-order valence-corrected chi connectivity index (χ3v) is 6.78. The van der Waals surface area contributed by atoms with Crippen molar-refractivity contribution in [3.63, 3.8) is 0 Å². The Hall–Kier alpha value is -1.15. The molecule has 0 spiro atoms. The molecule has 2 unspecified atom stereocenters. The number of carbonyl (C=O) groups is 2. The summed E-state index contributed by atoms with van der Waals surface area (Å²) in [6.45, 7) is 2.77. The van der Waals surface area contributed by atoms with Crippen molar-refractivity contribution in [1.82, 2.24) is 9.80 Å². The normalized spacial score (nSPS) is 30.6. The average Bonchev–Trinajstić information content (AvgIpc) is 3.16. The van der Waals surface area contributed by atoms with Crippen LogP contribution in [0.2, 0.25) is 0 Å². The highest BCUT2D eigenvalue weighted by Crippen LogP contribution is 2.23. The number of amides is 2. The molecule has 0 N–H and O–H groups in total. The monoisotopic (exact) mass is 344 g/mol. The Balaban J connectivity index is 1.45. The van der Waals surface area contributed by atoms with Gasteiger partial charge in [0.1, 0.15) is 6.10 Å². The van der Waals surface area contributed by atoms with Gasteiger partial charge in [0, 0.05) is 39.2 Å². The fourth-order valence-electron chi connectivity index (χ4n) is 3.56. The van der Waals surface area contributed by atoms with E-state index in [-0.39, 0.29) is 35.3 Å². The van der Waals surface area contributed by atoms with E-state index in [0.29, 0.717) is 45.6 Å². The quantitative estimate of drug-likeness (QED) is 0.699. The first kappa shape index (κ1) is 16.7. The zero-order valence-electron chi connectivity index (χ0n) is 13.3.